The zero-order valence-corrected chi connectivity index (χ0v) is 11.6. The average molecular weight is 331 g/mol. The molecule has 0 saturated heterocycles. The fourth-order valence-electron chi connectivity index (χ4n) is 1.55. The van der Waals surface area contributed by atoms with Crippen LogP contribution in [0.2, 0.25) is 0 Å². The molecular weight excluding hydrogens is 317 g/mol. The maximum absolute atomic E-state index is 6.04. The van der Waals surface area contributed by atoms with Gasteiger partial charge >= 0.3 is 0 Å². The minimum Gasteiger partial charge on any atom is -0.394 e. The lowest BCUT2D eigenvalue weighted by molar-refractivity contribution is 0.512. The molecule has 6 heteroatoms. The van der Waals surface area contributed by atoms with Crippen molar-refractivity contribution in [3.63, 3.8) is 0 Å². The predicted octanol–water partition coefficient (Wildman–Crippen LogP) is 2.14. The van der Waals surface area contributed by atoms with Gasteiger partial charge in [-0.05, 0) is 43.4 Å². The van der Waals surface area contributed by atoms with Crippen LogP contribution in [-0.2, 0) is 0 Å². The maximum atomic E-state index is 6.04. The highest BCUT2D eigenvalue weighted by Gasteiger charge is 2.16. The van der Waals surface area contributed by atoms with E-state index in [0.717, 1.165) is 15.1 Å². The van der Waals surface area contributed by atoms with Crippen molar-refractivity contribution in [1.82, 2.24) is 19.6 Å². The normalized spacial score (nSPS) is 11.3. The van der Waals surface area contributed by atoms with E-state index in [0.29, 0.717) is 5.69 Å². The van der Waals surface area contributed by atoms with Gasteiger partial charge in [0.2, 0.25) is 0 Å². The van der Waals surface area contributed by atoms with Gasteiger partial charge in [0.1, 0.15) is 0 Å². The van der Waals surface area contributed by atoms with Crippen LogP contribution < -0.4 is 5.73 Å². The molecule has 2 N–H and O–H groups in total. The van der Waals surface area contributed by atoms with Crippen molar-refractivity contribution in [2.75, 3.05) is 5.73 Å². The van der Waals surface area contributed by atoms with Crippen molar-refractivity contribution >= 4 is 28.3 Å². The number of anilines is 1. The van der Waals surface area contributed by atoms with Gasteiger partial charge < -0.3 is 5.73 Å². The monoisotopic (exact) mass is 331 g/mol. The van der Waals surface area contributed by atoms with Gasteiger partial charge in [-0.15, -0.1) is 0 Å². The topological polar surface area (TPSA) is 61.7 Å². The average Bonchev–Trinajstić information content (AvgIpc) is 2.73. The molecule has 0 aliphatic rings. The van der Waals surface area contributed by atoms with E-state index in [2.05, 4.69) is 46.6 Å². The lowest BCUT2D eigenvalue weighted by Crippen LogP contribution is -2.11. The smallest absolute Gasteiger partial charge is 0.175 e. The number of nitrogen functional groups attached to an aromatic ring is 1. The highest BCUT2D eigenvalue weighted by Crippen LogP contribution is 2.24. The Bertz CT molecular complexity index is 511. The summed E-state index contributed by atoms with van der Waals surface area (Å²) in [6, 6.07) is 0.257. The van der Waals surface area contributed by atoms with Crippen LogP contribution in [0.3, 0.4) is 0 Å². The SMILES string of the molecule is Cc1nn(C(C)C)c(-n2cc(I)cn2)c1N. The zero-order valence-electron chi connectivity index (χ0n) is 9.48. The summed E-state index contributed by atoms with van der Waals surface area (Å²) >= 11 is 2.22. The quantitative estimate of drug-likeness (QED) is 0.858. The first kappa shape index (κ1) is 11.4. The second-order valence-electron chi connectivity index (χ2n) is 3.96. The van der Waals surface area contributed by atoms with Gasteiger partial charge in [0.05, 0.1) is 21.1 Å². The van der Waals surface area contributed by atoms with Crippen molar-refractivity contribution in [3.05, 3.63) is 21.7 Å². The first-order chi connectivity index (χ1) is 7.50. The molecule has 0 aromatic carbocycles. The molecule has 0 spiro atoms. The number of rotatable bonds is 2. The number of hydrogen-bond donors (Lipinski definition) is 1. The molecule has 0 fully saturated rings. The third kappa shape index (κ3) is 1.81. The van der Waals surface area contributed by atoms with E-state index in [4.69, 9.17) is 5.73 Å². The first-order valence-corrected chi connectivity index (χ1v) is 6.13. The Hall–Kier alpha value is -1.05. The van der Waals surface area contributed by atoms with Gasteiger partial charge in [0, 0.05) is 12.2 Å². The van der Waals surface area contributed by atoms with Gasteiger partial charge in [-0.2, -0.15) is 10.2 Å². The number of nitrogens with two attached hydrogens (primary N) is 1. The second-order valence-corrected chi connectivity index (χ2v) is 5.21. The van der Waals surface area contributed by atoms with Crippen LogP contribution in [0.4, 0.5) is 5.69 Å². The molecular formula is C10H14IN5. The third-order valence-corrected chi connectivity index (χ3v) is 2.92. The van der Waals surface area contributed by atoms with Crippen molar-refractivity contribution in [2.45, 2.75) is 26.8 Å². The predicted molar refractivity (Wildman–Crippen MR) is 71.6 cm³/mol. The zero-order chi connectivity index (χ0) is 11.9. The van der Waals surface area contributed by atoms with E-state index >= 15 is 0 Å². The Labute approximate surface area is 108 Å². The van der Waals surface area contributed by atoms with E-state index in [1.165, 1.54) is 0 Å². The summed E-state index contributed by atoms with van der Waals surface area (Å²) in [4.78, 5) is 0. The molecule has 2 rings (SSSR count). The minimum atomic E-state index is 0.257. The van der Waals surface area contributed by atoms with Gasteiger partial charge in [-0.1, -0.05) is 0 Å². The number of nitrogens with zero attached hydrogens (tertiary/aromatic N) is 4. The van der Waals surface area contributed by atoms with Crippen LogP contribution in [0, 0.1) is 10.5 Å². The minimum absolute atomic E-state index is 0.257. The molecule has 0 aliphatic heterocycles. The molecule has 5 nitrogen and oxygen atoms in total. The molecule has 0 radical (unpaired) electrons. The Morgan fingerprint density at radius 2 is 2.12 bits per heavy atom. The van der Waals surface area contributed by atoms with Crippen LogP contribution >= 0.6 is 22.6 Å². The lowest BCUT2D eigenvalue weighted by Gasteiger charge is -2.10. The molecule has 0 bridgehead atoms. The summed E-state index contributed by atoms with van der Waals surface area (Å²) in [7, 11) is 0. The lowest BCUT2D eigenvalue weighted by atomic mass is 10.3. The number of aromatic nitrogens is 4. The molecule has 0 amide bonds. The van der Waals surface area contributed by atoms with Crippen LogP contribution in [0.25, 0.3) is 5.82 Å². The highest BCUT2D eigenvalue weighted by atomic mass is 127. The van der Waals surface area contributed by atoms with E-state index in [-0.39, 0.29) is 6.04 Å². The maximum Gasteiger partial charge on any atom is 0.175 e. The van der Waals surface area contributed by atoms with Crippen LogP contribution in [0.5, 0.6) is 0 Å². The van der Waals surface area contributed by atoms with Crippen molar-refractivity contribution in [1.29, 1.82) is 0 Å². The van der Waals surface area contributed by atoms with Crippen LogP contribution in [0.15, 0.2) is 12.4 Å². The fraction of sp³-hybridized carbons (Fsp3) is 0.400. The Balaban J connectivity index is 2.62. The van der Waals surface area contributed by atoms with Gasteiger partial charge in [0.25, 0.3) is 0 Å². The van der Waals surface area contributed by atoms with E-state index in [1.807, 2.05) is 17.8 Å². The van der Waals surface area contributed by atoms with Crippen molar-refractivity contribution in [2.24, 2.45) is 0 Å². The summed E-state index contributed by atoms with van der Waals surface area (Å²) in [5, 5.41) is 8.70. The Morgan fingerprint density at radius 3 is 2.62 bits per heavy atom. The second kappa shape index (κ2) is 4.08. The molecule has 2 aromatic rings. The number of halogens is 1. The van der Waals surface area contributed by atoms with E-state index in [1.54, 1.807) is 10.9 Å². The number of aryl methyl sites for hydroxylation is 1. The van der Waals surface area contributed by atoms with Gasteiger partial charge in [-0.3, -0.25) is 0 Å². The van der Waals surface area contributed by atoms with E-state index < -0.39 is 0 Å². The largest absolute Gasteiger partial charge is 0.394 e. The van der Waals surface area contributed by atoms with Crippen molar-refractivity contribution in [3.8, 4) is 5.82 Å². The van der Waals surface area contributed by atoms with Crippen LogP contribution in [-0.4, -0.2) is 19.6 Å². The molecule has 86 valence electrons. The molecule has 0 unspecified atom stereocenters. The summed E-state index contributed by atoms with van der Waals surface area (Å²) in [6.45, 7) is 6.06. The molecule has 0 aliphatic carbocycles. The Kier molecular flexibility index (Phi) is 2.92. The highest BCUT2D eigenvalue weighted by molar-refractivity contribution is 14.1. The third-order valence-electron chi connectivity index (χ3n) is 2.36. The number of hydrogen-bond acceptors (Lipinski definition) is 3. The van der Waals surface area contributed by atoms with Crippen molar-refractivity contribution < 1.29 is 0 Å². The molecule has 2 heterocycles. The summed E-state index contributed by atoms with van der Waals surface area (Å²) in [5.74, 6) is 0.843. The first-order valence-electron chi connectivity index (χ1n) is 5.06. The van der Waals surface area contributed by atoms with Gasteiger partial charge in [-0.25, -0.2) is 9.36 Å². The van der Waals surface area contributed by atoms with Gasteiger partial charge in [0.15, 0.2) is 5.82 Å². The Morgan fingerprint density at radius 1 is 1.44 bits per heavy atom. The summed E-state index contributed by atoms with van der Waals surface area (Å²) in [6.07, 6.45) is 3.74. The summed E-state index contributed by atoms with van der Waals surface area (Å²) in [5.41, 5.74) is 7.57. The molecule has 0 atom stereocenters. The molecule has 2 aromatic heterocycles. The fourth-order valence-corrected chi connectivity index (χ4v) is 1.94. The van der Waals surface area contributed by atoms with E-state index in [9.17, 15) is 0 Å². The molecule has 0 saturated carbocycles. The molecule has 16 heavy (non-hydrogen) atoms. The summed E-state index contributed by atoms with van der Waals surface area (Å²) < 4.78 is 4.75. The van der Waals surface area contributed by atoms with Crippen LogP contribution in [0.1, 0.15) is 25.6 Å². The standard InChI is InChI=1S/C10H14IN5/c1-6(2)16-10(9(12)7(3)14-16)15-5-8(11)4-13-15/h4-6H,12H2,1-3H3.